The van der Waals surface area contributed by atoms with E-state index in [-0.39, 0.29) is 0 Å². The van der Waals surface area contributed by atoms with E-state index in [1.807, 2.05) is 0 Å². The fourth-order valence-corrected chi connectivity index (χ4v) is 7.30. The van der Waals surface area contributed by atoms with Gasteiger partial charge in [0.25, 0.3) is 0 Å². The topological polar surface area (TPSA) is 9.72 Å². The second-order valence-corrected chi connectivity index (χ2v) is 11.3. The minimum atomic E-state index is 0.744. The van der Waals surface area contributed by atoms with E-state index in [4.69, 9.17) is 0 Å². The van der Waals surface area contributed by atoms with Gasteiger partial charge < -0.3 is 14.4 Å². The van der Waals surface area contributed by atoms with Gasteiger partial charge in [0.1, 0.15) is 0 Å². The van der Waals surface area contributed by atoms with Crippen molar-refractivity contribution >= 4 is 20.5 Å². The Morgan fingerprint density at radius 3 is 2.33 bits per heavy atom. The molecule has 0 bridgehead atoms. The first-order chi connectivity index (χ1) is 16.1. The van der Waals surface area contributed by atoms with E-state index in [1.165, 1.54) is 95.7 Å². The maximum absolute atomic E-state index is 2.88. The average Bonchev–Trinajstić information content (AvgIpc) is 2.86. The van der Waals surface area contributed by atoms with Crippen LogP contribution in [0.5, 0.6) is 0 Å². The van der Waals surface area contributed by atoms with Crippen molar-refractivity contribution < 1.29 is 0 Å². The Balaban J connectivity index is 1.33. The van der Waals surface area contributed by atoms with Crippen molar-refractivity contribution in [3.63, 3.8) is 0 Å². The summed E-state index contributed by atoms with van der Waals surface area (Å²) in [5.41, 5.74) is 3.09. The molecule has 3 aliphatic rings. The lowest BCUT2D eigenvalue weighted by molar-refractivity contribution is 0.324. The number of hydrogen-bond donors (Lipinski definition) is 0. The van der Waals surface area contributed by atoms with Crippen molar-refractivity contribution in [2.24, 2.45) is 0 Å². The summed E-state index contributed by atoms with van der Waals surface area (Å²) in [6.45, 7) is 19.4. The van der Waals surface area contributed by atoms with Crippen LogP contribution in [0.1, 0.15) is 69.9 Å². The van der Waals surface area contributed by atoms with Crippen LogP contribution >= 0.6 is 0 Å². The zero-order chi connectivity index (χ0) is 23.2. The Bertz CT molecular complexity index is 715. The molecular formula is C27H48B3N3. The molecule has 3 nitrogen and oxygen atoms in total. The summed E-state index contributed by atoms with van der Waals surface area (Å²) in [4.78, 5) is 8.32. The molecule has 0 aromatic heterocycles. The minimum Gasteiger partial charge on any atom is -0.342 e. The van der Waals surface area contributed by atoms with Crippen LogP contribution in [0, 0.1) is 0 Å². The maximum Gasteiger partial charge on any atom is 0.227 e. The molecule has 1 aromatic carbocycles. The van der Waals surface area contributed by atoms with E-state index < -0.39 is 0 Å². The average molecular weight is 447 g/mol. The highest BCUT2D eigenvalue weighted by atomic mass is 15.1. The summed E-state index contributed by atoms with van der Waals surface area (Å²) < 4.78 is 0. The molecule has 2 atom stereocenters. The Kier molecular flexibility index (Phi) is 9.47. The largest absolute Gasteiger partial charge is 0.342 e. The second kappa shape index (κ2) is 12.3. The molecule has 6 heteroatoms. The predicted molar refractivity (Wildman–Crippen MR) is 149 cm³/mol. The molecule has 0 N–H and O–H groups in total. The van der Waals surface area contributed by atoms with Crippen molar-refractivity contribution in [1.29, 1.82) is 0 Å². The van der Waals surface area contributed by atoms with Gasteiger partial charge in [-0.1, -0.05) is 90.0 Å². The zero-order valence-corrected chi connectivity index (χ0v) is 22.1. The maximum atomic E-state index is 2.88. The van der Waals surface area contributed by atoms with Crippen LogP contribution in [-0.2, 0) is 6.54 Å². The Morgan fingerprint density at radius 1 is 0.848 bits per heavy atom. The van der Waals surface area contributed by atoms with E-state index in [0.717, 1.165) is 38.8 Å². The van der Waals surface area contributed by atoms with Crippen molar-refractivity contribution in [3.8, 4) is 0 Å². The molecule has 0 saturated carbocycles. The summed E-state index contributed by atoms with van der Waals surface area (Å²) >= 11 is 0. The zero-order valence-electron chi connectivity index (χ0n) is 22.1. The highest BCUT2D eigenvalue weighted by Crippen LogP contribution is 2.36. The Labute approximate surface area is 206 Å². The summed E-state index contributed by atoms with van der Waals surface area (Å²) in [6, 6.07) is 9.78. The van der Waals surface area contributed by atoms with Crippen molar-refractivity contribution in [2.75, 3.05) is 32.7 Å². The second-order valence-electron chi connectivity index (χ2n) is 11.3. The molecule has 1 aromatic rings. The lowest BCUT2D eigenvalue weighted by Crippen LogP contribution is -2.52. The molecule has 3 fully saturated rings. The van der Waals surface area contributed by atoms with Crippen molar-refractivity contribution in [2.45, 2.75) is 103 Å². The highest BCUT2D eigenvalue weighted by Gasteiger charge is 2.37. The van der Waals surface area contributed by atoms with Crippen LogP contribution in [0.4, 0.5) is 0 Å². The predicted octanol–water partition coefficient (Wildman–Crippen LogP) is 6.20. The molecule has 3 heterocycles. The molecule has 0 spiro atoms. The van der Waals surface area contributed by atoms with Gasteiger partial charge in [-0.2, -0.15) is 0 Å². The van der Waals surface area contributed by atoms with Crippen molar-refractivity contribution in [3.05, 3.63) is 35.4 Å². The number of benzene rings is 1. The third kappa shape index (κ3) is 6.30. The van der Waals surface area contributed by atoms with Gasteiger partial charge in [0.2, 0.25) is 20.5 Å². The van der Waals surface area contributed by atoms with Gasteiger partial charge >= 0.3 is 0 Å². The third-order valence-corrected chi connectivity index (χ3v) is 9.41. The number of rotatable bonds is 8. The van der Waals surface area contributed by atoms with Gasteiger partial charge in [0, 0.05) is 6.54 Å². The standard InChI is InChI=1S/C27H48B3N3/c1-5-29-21-26(16-20-33(29)23-27-11-10-19-31(7-3)30(27)6-2)25-14-12-24(13-15-25)22-32-18-9-8-17-28(32)4/h12-15,26-27H,5-11,16-23H2,1-4H3. The monoisotopic (exact) mass is 447 g/mol. The molecule has 3 saturated heterocycles. The summed E-state index contributed by atoms with van der Waals surface area (Å²) in [5.74, 6) is 1.61. The smallest absolute Gasteiger partial charge is 0.227 e. The molecule has 0 radical (unpaired) electrons. The summed E-state index contributed by atoms with van der Waals surface area (Å²) in [6.07, 6.45) is 12.3. The van der Waals surface area contributed by atoms with E-state index in [9.17, 15) is 0 Å². The quantitative estimate of drug-likeness (QED) is 0.440. The fraction of sp³-hybridized carbons (Fsp3) is 0.778. The van der Waals surface area contributed by atoms with E-state index >= 15 is 0 Å². The summed E-state index contributed by atoms with van der Waals surface area (Å²) in [7, 11) is 0. The molecule has 4 rings (SSSR count). The number of hydrogen-bond acceptors (Lipinski definition) is 3. The molecular weight excluding hydrogens is 399 g/mol. The molecule has 2 unspecified atom stereocenters. The fourth-order valence-electron chi connectivity index (χ4n) is 7.30. The Morgan fingerprint density at radius 2 is 1.64 bits per heavy atom. The first-order valence-electron chi connectivity index (χ1n) is 14.4. The molecule has 33 heavy (non-hydrogen) atoms. The molecule has 180 valence electrons. The van der Waals surface area contributed by atoms with E-state index in [2.05, 4.69) is 66.3 Å². The highest BCUT2D eigenvalue weighted by molar-refractivity contribution is 6.59. The molecule has 0 amide bonds. The lowest BCUT2D eigenvalue weighted by Gasteiger charge is -2.44. The van der Waals surface area contributed by atoms with Gasteiger partial charge in [-0.25, -0.2) is 0 Å². The van der Waals surface area contributed by atoms with Gasteiger partial charge in [-0.15, -0.1) is 0 Å². The van der Waals surface area contributed by atoms with E-state index in [1.54, 1.807) is 5.56 Å². The van der Waals surface area contributed by atoms with Crippen LogP contribution in [0.15, 0.2) is 24.3 Å². The van der Waals surface area contributed by atoms with Gasteiger partial charge in [0.15, 0.2) is 0 Å². The van der Waals surface area contributed by atoms with Crippen molar-refractivity contribution in [1.82, 2.24) is 14.4 Å². The van der Waals surface area contributed by atoms with Gasteiger partial charge in [-0.05, 0) is 74.8 Å². The molecule has 3 aliphatic heterocycles. The van der Waals surface area contributed by atoms with E-state index in [0.29, 0.717) is 0 Å². The lowest BCUT2D eigenvalue weighted by atomic mass is 9.43. The van der Waals surface area contributed by atoms with Crippen LogP contribution in [-0.4, -0.2) is 67.7 Å². The summed E-state index contributed by atoms with van der Waals surface area (Å²) in [5, 5.41) is 0. The Hall–Kier alpha value is -0.705. The third-order valence-electron chi connectivity index (χ3n) is 9.41. The SMILES string of the molecule is CCB1CC(c2ccc(CN3CCCCB3C)cc2)CCN1CC1CCCN(CC)B1CC. The van der Waals surface area contributed by atoms with Gasteiger partial charge in [0.05, 0.1) is 0 Å². The first-order valence-corrected chi connectivity index (χ1v) is 14.4. The van der Waals surface area contributed by atoms with Crippen LogP contribution in [0.2, 0.25) is 37.9 Å². The van der Waals surface area contributed by atoms with Gasteiger partial charge in [-0.3, -0.25) is 0 Å². The van der Waals surface area contributed by atoms with Crippen LogP contribution in [0.25, 0.3) is 0 Å². The minimum absolute atomic E-state index is 0.744. The van der Waals surface area contributed by atoms with Crippen LogP contribution in [0.3, 0.4) is 0 Å². The normalized spacial score (nSPS) is 26.2. The first kappa shape index (κ1) is 25.4. The van der Waals surface area contributed by atoms with Crippen LogP contribution < -0.4 is 0 Å². The molecule has 0 aliphatic carbocycles. The number of nitrogens with zero attached hydrogens (tertiary/aromatic N) is 3.